The van der Waals surface area contributed by atoms with Crippen LogP contribution in [0.15, 0.2) is 53.4 Å². The number of halogens is 1. The SMILES string of the molecule is CSc1ccccc1-c1nn(-c2cccc(Cl)c2)c2c1CCCCN2. The highest BCUT2D eigenvalue weighted by atomic mass is 35.5. The maximum Gasteiger partial charge on any atom is 0.133 e. The number of fused-ring (bicyclic) bond motifs is 1. The van der Waals surface area contributed by atoms with Crippen LogP contribution in [0.25, 0.3) is 16.9 Å². The highest BCUT2D eigenvalue weighted by Crippen LogP contribution is 2.37. The molecule has 25 heavy (non-hydrogen) atoms. The molecular weight excluding hydrogens is 350 g/mol. The molecule has 0 saturated carbocycles. The average molecular weight is 370 g/mol. The van der Waals surface area contributed by atoms with E-state index in [4.69, 9.17) is 16.7 Å². The van der Waals surface area contributed by atoms with E-state index >= 15 is 0 Å². The highest BCUT2D eigenvalue weighted by molar-refractivity contribution is 7.98. The van der Waals surface area contributed by atoms with Gasteiger partial charge in [-0.3, -0.25) is 0 Å². The normalized spacial score (nSPS) is 13.8. The molecule has 0 fully saturated rings. The second-order valence-corrected chi connectivity index (χ2v) is 7.44. The minimum absolute atomic E-state index is 0.724. The van der Waals surface area contributed by atoms with Crippen molar-refractivity contribution in [3.05, 3.63) is 59.1 Å². The van der Waals surface area contributed by atoms with Gasteiger partial charge in [0.1, 0.15) is 5.82 Å². The Morgan fingerprint density at radius 1 is 1.12 bits per heavy atom. The molecule has 4 rings (SSSR count). The highest BCUT2D eigenvalue weighted by Gasteiger charge is 2.22. The molecule has 0 unspecified atom stereocenters. The Morgan fingerprint density at radius 2 is 2.00 bits per heavy atom. The van der Waals surface area contributed by atoms with Crippen molar-refractivity contribution in [1.82, 2.24) is 9.78 Å². The van der Waals surface area contributed by atoms with Crippen LogP contribution in [0, 0.1) is 0 Å². The third-order valence-electron chi connectivity index (χ3n) is 4.54. The van der Waals surface area contributed by atoms with Gasteiger partial charge in [0, 0.05) is 27.6 Å². The molecule has 128 valence electrons. The molecule has 2 aromatic carbocycles. The van der Waals surface area contributed by atoms with Gasteiger partial charge in [-0.2, -0.15) is 5.10 Å². The van der Waals surface area contributed by atoms with Crippen LogP contribution in [0.3, 0.4) is 0 Å². The molecule has 0 amide bonds. The molecule has 0 radical (unpaired) electrons. The van der Waals surface area contributed by atoms with Gasteiger partial charge in [0.25, 0.3) is 0 Å². The predicted octanol–water partition coefficient (Wildman–Crippen LogP) is 5.66. The molecule has 3 nitrogen and oxygen atoms in total. The van der Waals surface area contributed by atoms with Crippen molar-refractivity contribution in [2.24, 2.45) is 0 Å². The van der Waals surface area contributed by atoms with E-state index in [1.807, 2.05) is 22.9 Å². The largest absolute Gasteiger partial charge is 0.370 e. The summed E-state index contributed by atoms with van der Waals surface area (Å²) >= 11 is 7.98. The van der Waals surface area contributed by atoms with Crippen LogP contribution < -0.4 is 5.32 Å². The second kappa shape index (κ2) is 7.14. The number of benzene rings is 2. The first-order valence-electron chi connectivity index (χ1n) is 8.53. The maximum absolute atomic E-state index is 6.22. The van der Waals surface area contributed by atoms with E-state index in [1.54, 1.807) is 11.8 Å². The van der Waals surface area contributed by atoms with Crippen LogP contribution in [0.2, 0.25) is 5.02 Å². The second-order valence-electron chi connectivity index (χ2n) is 6.15. The van der Waals surface area contributed by atoms with Gasteiger partial charge in [-0.1, -0.05) is 35.9 Å². The molecule has 1 N–H and O–H groups in total. The lowest BCUT2D eigenvalue weighted by Crippen LogP contribution is -2.07. The summed E-state index contributed by atoms with van der Waals surface area (Å²) in [5, 5.41) is 9.32. The van der Waals surface area contributed by atoms with Gasteiger partial charge in [-0.15, -0.1) is 11.8 Å². The van der Waals surface area contributed by atoms with Crippen molar-refractivity contribution in [2.75, 3.05) is 18.1 Å². The van der Waals surface area contributed by atoms with E-state index in [-0.39, 0.29) is 0 Å². The van der Waals surface area contributed by atoms with Crippen LogP contribution in [-0.4, -0.2) is 22.6 Å². The molecular formula is C20H20ClN3S. The fourth-order valence-electron chi connectivity index (χ4n) is 3.35. The summed E-state index contributed by atoms with van der Waals surface area (Å²) in [6.45, 7) is 0.975. The fraction of sp³-hybridized carbons (Fsp3) is 0.250. The number of nitrogens with one attached hydrogen (secondary N) is 1. The predicted molar refractivity (Wildman–Crippen MR) is 107 cm³/mol. The zero-order valence-corrected chi connectivity index (χ0v) is 15.7. The number of hydrogen-bond donors (Lipinski definition) is 1. The summed E-state index contributed by atoms with van der Waals surface area (Å²) in [6.07, 6.45) is 5.51. The number of thioether (sulfide) groups is 1. The molecule has 0 spiro atoms. The molecule has 5 heteroatoms. The number of anilines is 1. The molecule has 3 aromatic rings. The van der Waals surface area contributed by atoms with Crippen LogP contribution in [0.5, 0.6) is 0 Å². The van der Waals surface area contributed by atoms with E-state index in [9.17, 15) is 0 Å². The fourth-order valence-corrected chi connectivity index (χ4v) is 4.14. The van der Waals surface area contributed by atoms with Gasteiger partial charge >= 0.3 is 0 Å². The van der Waals surface area contributed by atoms with Crippen molar-refractivity contribution >= 4 is 29.2 Å². The Balaban J connectivity index is 1.94. The molecule has 0 bridgehead atoms. The maximum atomic E-state index is 6.22. The van der Waals surface area contributed by atoms with Crippen molar-refractivity contribution in [1.29, 1.82) is 0 Å². The Labute approximate surface area is 157 Å². The monoisotopic (exact) mass is 369 g/mol. The molecule has 1 aliphatic rings. The zero-order valence-electron chi connectivity index (χ0n) is 14.1. The van der Waals surface area contributed by atoms with Gasteiger partial charge < -0.3 is 5.32 Å². The average Bonchev–Trinajstić information content (AvgIpc) is 2.82. The van der Waals surface area contributed by atoms with Crippen LogP contribution >= 0.6 is 23.4 Å². The van der Waals surface area contributed by atoms with Crippen molar-refractivity contribution < 1.29 is 0 Å². The number of hydrogen-bond acceptors (Lipinski definition) is 3. The Morgan fingerprint density at radius 3 is 2.84 bits per heavy atom. The van der Waals surface area contributed by atoms with Gasteiger partial charge in [-0.25, -0.2) is 4.68 Å². The third kappa shape index (κ3) is 3.16. The quantitative estimate of drug-likeness (QED) is 0.604. The van der Waals surface area contributed by atoms with Crippen molar-refractivity contribution in [3.8, 4) is 16.9 Å². The summed E-state index contributed by atoms with van der Waals surface area (Å²) in [6, 6.07) is 16.4. The van der Waals surface area contributed by atoms with Crippen LogP contribution in [-0.2, 0) is 6.42 Å². The van der Waals surface area contributed by atoms with E-state index in [0.717, 1.165) is 35.2 Å². The number of rotatable bonds is 3. The molecule has 0 saturated heterocycles. The van der Waals surface area contributed by atoms with Gasteiger partial charge in [0.2, 0.25) is 0 Å². The Kier molecular flexibility index (Phi) is 4.73. The molecule has 0 aliphatic carbocycles. The van der Waals surface area contributed by atoms with Crippen LogP contribution in [0.1, 0.15) is 18.4 Å². The minimum Gasteiger partial charge on any atom is -0.370 e. The summed E-state index contributed by atoms with van der Waals surface area (Å²) in [5.41, 5.74) is 4.58. The third-order valence-corrected chi connectivity index (χ3v) is 5.58. The first-order valence-corrected chi connectivity index (χ1v) is 10.1. The van der Waals surface area contributed by atoms with Gasteiger partial charge in [0.15, 0.2) is 0 Å². The first kappa shape index (κ1) is 16.6. The first-order chi connectivity index (χ1) is 12.3. The Bertz CT molecular complexity index is 904. The number of aromatic nitrogens is 2. The van der Waals surface area contributed by atoms with Crippen molar-refractivity contribution in [3.63, 3.8) is 0 Å². The molecule has 2 heterocycles. The topological polar surface area (TPSA) is 29.9 Å². The zero-order chi connectivity index (χ0) is 17.2. The lowest BCUT2D eigenvalue weighted by Gasteiger charge is -2.09. The molecule has 1 aliphatic heterocycles. The smallest absolute Gasteiger partial charge is 0.133 e. The molecule has 1 aromatic heterocycles. The summed E-state index contributed by atoms with van der Waals surface area (Å²) in [7, 11) is 0. The molecule has 0 atom stereocenters. The van der Waals surface area contributed by atoms with E-state index < -0.39 is 0 Å². The summed E-state index contributed by atoms with van der Waals surface area (Å²) < 4.78 is 2.01. The van der Waals surface area contributed by atoms with Gasteiger partial charge in [-0.05, 0) is 49.8 Å². The lowest BCUT2D eigenvalue weighted by atomic mass is 10.0. The van der Waals surface area contributed by atoms with Crippen LogP contribution in [0.4, 0.5) is 5.82 Å². The van der Waals surface area contributed by atoms with Gasteiger partial charge in [0.05, 0.1) is 11.4 Å². The minimum atomic E-state index is 0.724. The van der Waals surface area contributed by atoms with E-state index in [0.29, 0.717) is 0 Å². The standard InChI is InChI=1S/C20H20ClN3S/c1-25-18-11-3-2-9-16(18)19-17-10-4-5-12-22-20(17)24(23-19)15-8-6-7-14(21)13-15/h2-3,6-9,11,13,22H,4-5,10,12H2,1H3. The summed E-state index contributed by atoms with van der Waals surface area (Å²) in [5.74, 6) is 1.10. The van der Waals surface area contributed by atoms with E-state index in [1.165, 1.54) is 28.9 Å². The number of nitrogens with zero attached hydrogens (tertiary/aromatic N) is 2. The lowest BCUT2D eigenvalue weighted by molar-refractivity contribution is 0.779. The summed E-state index contributed by atoms with van der Waals surface area (Å²) in [4.78, 5) is 1.25. The van der Waals surface area contributed by atoms with E-state index in [2.05, 4.69) is 41.9 Å². The van der Waals surface area contributed by atoms with Crippen molar-refractivity contribution in [2.45, 2.75) is 24.2 Å². The Hall–Kier alpha value is -1.91.